The molecule has 0 spiro atoms. The summed E-state index contributed by atoms with van der Waals surface area (Å²) in [6.45, 7) is 8.44. The molecule has 2 amide bonds. The molecule has 39 heavy (non-hydrogen) atoms. The Morgan fingerprint density at radius 3 is 2.10 bits per heavy atom. The summed E-state index contributed by atoms with van der Waals surface area (Å²) >= 11 is 0. The van der Waals surface area contributed by atoms with E-state index in [2.05, 4.69) is 36.1 Å². The van der Waals surface area contributed by atoms with Crippen molar-refractivity contribution in [1.82, 2.24) is 15.5 Å². The topological polar surface area (TPSA) is 83.1 Å². The molecule has 3 N–H and O–H groups in total. The molecule has 4 rings (SSSR count). The van der Waals surface area contributed by atoms with Crippen LogP contribution in [0.15, 0.2) is 91.5 Å². The molecule has 4 unspecified atom stereocenters. The molecule has 1 heterocycles. The zero-order chi connectivity index (χ0) is 27.6. The molecule has 1 fully saturated rings. The third-order valence-corrected chi connectivity index (χ3v) is 7.06. The van der Waals surface area contributed by atoms with Crippen LogP contribution >= 0.6 is 0 Å². The first-order chi connectivity index (χ1) is 19.0. The van der Waals surface area contributed by atoms with Gasteiger partial charge in [0.05, 0.1) is 18.8 Å². The second-order valence-electron chi connectivity index (χ2n) is 10.1. The number of urea groups is 1. The van der Waals surface area contributed by atoms with Gasteiger partial charge in [-0.1, -0.05) is 91.9 Å². The van der Waals surface area contributed by atoms with Gasteiger partial charge in [0.15, 0.2) is 6.29 Å². The third-order valence-electron chi connectivity index (χ3n) is 7.06. The Kier molecular flexibility index (Phi) is 10.3. The number of nitrogens with one attached hydrogen (secondary N) is 2. The molecule has 7 nitrogen and oxygen atoms in total. The fourth-order valence-corrected chi connectivity index (χ4v) is 4.75. The van der Waals surface area contributed by atoms with Gasteiger partial charge in [0.2, 0.25) is 0 Å². The van der Waals surface area contributed by atoms with Crippen molar-refractivity contribution in [3.8, 4) is 0 Å². The number of likely N-dealkylation sites (N-methyl/N-ethyl adjacent to an activating group) is 1. The Morgan fingerprint density at radius 2 is 1.49 bits per heavy atom. The van der Waals surface area contributed by atoms with Crippen molar-refractivity contribution < 1.29 is 19.4 Å². The average Bonchev–Trinajstić information content (AvgIpc) is 2.97. The maximum atomic E-state index is 12.2. The highest BCUT2D eigenvalue weighted by Gasteiger charge is 2.38. The van der Waals surface area contributed by atoms with E-state index >= 15 is 0 Å². The second kappa shape index (κ2) is 14.1. The van der Waals surface area contributed by atoms with Gasteiger partial charge in [0.1, 0.15) is 0 Å². The van der Waals surface area contributed by atoms with Crippen LogP contribution in [0.2, 0.25) is 0 Å². The Labute approximate surface area is 231 Å². The molecule has 7 heteroatoms. The maximum Gasteiger partial charge on any atom is 0.315 e. The van der Waals surface area contributed by atoms with E-state index in [-0.39, 0.29) is 30.8 Å². The first kappa shape index (κ1) is 28.5. The van der Waals surface area contributed by atoms with E-state index in [9.17, 15) is 9.90 Å². The van der Waals surface area contributed by atoms with Crippen molar-refractivity contribution in [1.29, 1.82) is 0 Å². The van der Waals surface area contributed by atoms with E-state index in [1.165, 1.54) is 0 Å². The summed E-state index contributed by atoms with van der Waals surface area (Å²) in [7, 11) is 2.06. The fraction of sp³-hybridized carbons (Fsp3) is 0.344. The second-order valence-corrected chi connectivity index (χ2v) is 10.1. The van der Waals surface area contributed by atoms with Crippen LogP contribution in [0.25, 0.3) is 0 Å². The average molecular weight is 530 g/mol. The summed E-state index contributed by atoms with van der Waals surface area (Å²) < 4.78 is 13.0. The van der Waals surface area contributed by atoms with Gasteiger partial charge in [-0.3, -0.25) is 0 Å². The van der Waals surface area contributed by atoms with Gasteiger partial charge in [-0.05, 0) is 29.3 Å². The minimum Gasteiger partial charge on any atom is -0.392 e. The van der Waals surface area contributed by atoms with Gasteiger partial charge in [0.25, 0.3) is 0 Å². The number of hydrogen-bond donors (Lipinski definition) is 3. The standard InChI is InChI=1S/C32H39N3O4/c1-4-18-35(3)21-29-23(2)30(27-14-12-26(22-36)13-15-27)39-31(38-29)28-16-10-25(11-17-28)20-34-32(37)33-19-24-8-6-5-7-9-24/h4-17,23,29-31,36H,1,18-22H2,2-3H3,(H2,33,34,37). The lowest BCUT2D eigenvalue weighted by Gasteiger charge is -2.42. The first-order valence-electron chi connectivity index (χ1n) is 13.4. The number of carbonyl (C=O) groups excluding carboxylic acids is 1. The molecule has 0 radical (unpaired) electrons. The summed E-state index contributed by atoms with van der Waals surface area (Å²) in [4.78, 5) is 14.4. The summed E-state index contributed by atoms with van der Waals surface area (Å²) in [6, 6.07) is 25.5. The Hall–Kier alpha value is -3.49. The smallest absolute Gasteiger partial charge is 0.315 e. The number of amides is 2. The summed E-state index contributed by atoms with van der Waals surface area (Å²) in [5.41, 5.74) is 4.89. The minimum absolute atomic E-state index is 0.0119. The molecular weight excluding hydrogens is 490 g/mol. The van der Waals surface area contributed by atoms with Crippen LogP contribution in [0.4, 0.5) is 4.79 Å². The summed E-state index contributed by atoms with van der Waals surface area (Å²) in [5, 5.41) is 15.2. The zero-order valence-electron chi connectivity index (χ0n) is 22.8. The number of carbonyl (C=O) groups is 1. The lowest BCUT2D eigenvalue weighted by molar-refractivity contribution is -0.275. The zero-order valence-corrected chi connectivity index (χ0v) is 22.8. The first-order valence-corrected chi connectivity index (χ1v) is 13.4. The highest BCUT2D eigenvalue weighted by molar-refractivity contribution is 5.73. The number of benzene rings is 3. The molecular formula is C32H39N3O4. The molecule has 4 atom stereocenters. The van der Waals surface area contributed by atoms with Gasteiger partial charge in [0, 0.05) is 37.7 Å². The van der Waals surface area contributed by atoms with Crippen molar-refractivity contribution in [2.24, 2.45) is 5.92 Å². The van der Waals surface area contributed by atoms with Crippen LogP contribution in [0, 0.1) is 5.92 Å². The number of rotatable bonds is 11. The molecule has 1 aliphatic heterocycles. The van der Waals surface area contributed by atoms with Crippen molar-refractivity contribution in [3.63, 3.8) is 0 Å². The molecule has 206 valence electrons. The predicted octanol–water partition coefficient (Wildman–Crippen LogP) is 5.09. The Morgan fingerprint density at radius 1 is 0.897 bits per heavy atom. The summed E-state index contributed by atoms with van der Waals surface area (Å²) in [6.07, 6.45) is 1.16. The van der Waals surface area contributed by atoms with Gasteiger partial charge >= 0.3 is 6.03 Å². The maximum absolute atomic E-state index is 12.2. The molecule has 0 aliphatic carbocycles. The van der Waals surface area contributed by atoms with Crippen molar-refractivity contribution in [3.05, 3.63) is 119 Å². The van der Waals surface area contributed by atoms with Crippen LogP contribution in [0.3, 0.4) is 0 Å². The number of aliphatic hydroxyl groups is 1. The molecule has 1 saturated heterocycles. The van der Waals surface area contributed by atoms with Gasteiger partial charge in [-0.25, -0.2) is 4.79 Å². The number of ether oxygens (including phenoxy) is 2. The van der Waals surface area contributed by atoms with Gasteiger partial charge in [-0.15, -0.1) is 6.58 Å². The van der Waals surface area contributed by atoms with Crippen molar-refractivity contribution in [2.45, 2.75) is 45.1 Å². The number of nitrogens with zero attached hydrogens (tertiary/aromatic N) is 1. The van der Waals surface area contributed by atoms with E-state index < -0.39 is 6.29 Å². The van der Waals surface area contributed by atoms with Crippen LogP contribution in [0.1, 0.15) is 47.1 Å². The van der Waals surface area contributed by atoms with Crippen molar-refractivity contribution in [2.75, 3.05) is 20.1 Å². The Bertz CT molecular complexity index is 1180. The molecule has 0 bridgehead atoms. The molecule has 3 aromatic carbocycles. The van der Waals surface area contributed by atoms with Gasteiger partial charge in [-0.2, -0.15) is 0 Å². The van der Waals surface area contributed by atoms with Crippen molar-refractivity contribution >= 4 is 6.03 Å². The van der Waals surface area contributed by atoms with E-state index in [1.54, 1.807) is 0 Å². The Balaban J connectivity index is 1.41. The third kappa shape index (κ3) is 8.00. The lowest BCUT2D eigenvalue weighted by Crippen LogP contribution is -2.43. The van der Waals surface area contributed by atoms with E-state index in [0.717, 1.165) is 40.9 Å². The minimum atomic E-state index is -0.526. The SMILES string of the molecule is C=CCN(C)CC1OC(c2ccc(CNC(=O)NCc3ccccc3)cc2)OC(c2ccc(CO)cc2)C1C. The molecule has 0 aromatic heterocycles. The largest absolute Gasteiger partial charge is 0.392 e. The molecule has 0 saturated carbocycles. The van der Waals surface area contributed by atoms with E-state index in [1.807, 2.05) is 84.9 Å². The molecule has 3 aromatic rings. The normalized spacial score (nSPS) is 20.9. The van der Waals surface area contributed by atoms with E-state index in [4.69, 9.17) is 9.47 Å². The quantitative estimate of drug-likeness (QED) is 0.302. The van der Waals surface area contributed by atoms with E-state index in [0.29, 0.717) is 13.1 Å². The lowest BCUT2D eigenvalue weighted by atomic mass is 9.90. The number of aliphatic hydroxyl groups excluding tert-OH is 1. The summed E-state index contributed by atoms with van der Waals surface area (Å²) in [5.74, 6) is 0.117. The van der Waals surface area contributed by atoms with Crippen LogP contribution in [-0.4, -0.2) is 42.3 Å². The van der Waals surface area contributed by atoms with Crippen LogP contribution in [0.5, 0.6) is 0 Å². The predicted molar refractivity (Wildman–Crippen MR) is 153 cm³/mol. The highest BCUT2D eigenvalue weighted by atomic mass is 16.7. The monoisotopic (exact) mass is 529 g/mol. The van der Waals surface area contributed by atoms with Crippen LogP contribution in [-0.2, 0) is 29.2 Å². The highest BCUT2D eigenvalue weighted by Crippen LogP contribution is 2.41. The van der Waals surface area contributed by atoms with Gasteiger partial charge < -0.3 is 30.1 Å². The van der Waals surface area contributed by atoms with Crippen LogP contribution < -0.4 is 10.6 Å². The molecule has 1 aliphatic rings. The number of hydrogen-bond acceptors (Lipinski definition) is 5. The fourth-order valence-electron chi connectivity index (χ4n) is 4.75.